The minimum Gasteiger partial charge on any atom is -0.325 e. The highest BCUT2D eigenvalue weighted by Crippen LogP contribution is 2.41. The fraction of sp³-hybridized carbons (Fsp3) is 0.923. The quantitative estimate of drug-likeness (QED) is 0.868. The molecular weight excluding hydrogens is 226 g/mol. The van der Waals surface area contributed by atoms with Gasteiger partial charge in [0, 0.05) is 12.0 Å². The third-order valence-electron chi connectivity index (χ3n) is 4.27. The summed E-state index contributed by atoms with van der Waals surface area (Å²) < 4.78 is 0. The zero-order chi connectivity index (χ0) is 13.4. The Bertz CT molecular complexity index is 396. The van der Waals surface area contributed by atoms with Crippen molar-refractivity contribution < 1.29 is 0 Å². The summed E-state index contributed by atoms with van der Waals surface area (Å²) in [5.74, 6) is 1.55. The standard InChI is InChI=1S/C13H25N5/c1-12(2,3)10-5-7-13(14,8-6-10)9-11-15-17-18(4)16-11/h10H,5-9,14H2,1-4H3. The minimum absolute atomic E-state index is 0.134. The molecule has 0 unspecified atom stereocenters. The van der Waals surface area contributed by atoms with Crippen molar-refractivity contribution in [3.8, 4) is 0 Å². The van der Waals surface area contributed by atoms with Crippen LogP contribution in [0.1, 0.15) is 52.3 Å². The predicted octanol–water partition coefficient (Wildman–Crippen LogP) is 1.69. The fourth-order valence-corrected chi connectivity index (χ4v) is 2.94. The predicted molar refractivity (Wildman–Crippen MR) is 70.8 cm³/mol. The van der Waals surface area contributed by atoms with E-state index < -0.39 is 0 Å². The molecule has 2 rings (SSSR count). The van der Waals surface area contributed by atoms with Crippen LogP contribution in [0, 0.1) is 11.3 Å². The normalized spacial score (nSPS) is 29.5. The number of nitrogens with zero attached hydrogens (tertiary/aromatic N) is 4. The maximum absolute atomic E-state index is 6.49. The van der Waals surface area contributed by atoms with E-state index in [9.17, 15) is 0 Å². The summed E-state index contributed by atoms with van der Waals surface area (Å²) >= 11 is 0. The lowest BCUT2D eigenvalue weighted by molar-refractivity contribution is 0.133. The molecular formula is C13H25N5. The van der Waals surface area contributed by atoms with Crippen LogP contribution in [0.2, 0.25) is 0 Å². The van der Waals surface area contributed by atoms with E-state index in [-0.39, 0.29) is 5.54 Å². The zero-order valence-electron chi connectivity index (χ0n) is 12.0. The van der Waals surface area contributed by atoms with Crippen molar-refractivity contribution in [1.29, 1.82) is 0 Å². The van der Waals surface area contributed by atoms with Crippen molar-refractivity contribution in [1.82, 2.24) is 20.2 Å². The molecule has 0 amide bonds. The highest BCUT2D eigenvalue weighted by Gasteiger charge is 2.36. The molecule has 0 spiro atoms. The Kier molecular flexibility index (Phi) is 3.45. The Balaban J connectivity index is 1.95. The van der Waals surface area contributed by atoms with Crippen LogP contribution < -0.4 is 5.73 Å². The van der Waals surface area contributed by atoms with E-state index in [1.54, 1.807) is 7.05 Å². The van der Waals surface area contributed by atoms with Crippen LogP contribution in [0.25, 0.3) is 0 Å². The summed E-state index contributed by atoms with van der Waals surface area (Å²) in [5.41, 5.74) is 6.75. The van der Waals surface area contributed by atoms with Crippen molar-refractivity contribution in [2.45, 2.75) is 58.4 Å². The molecule has 1 aromatic heterocycles. The lowest BCUT2D eigenvalue weighted by Gasteiger charge is -2.41. The number of nitrogens with two attached hydrogens (primary N) is 1. The summed E-state index contributed by atoms with van der Waals surface area (Å²) in [6.07, 6.45) is 5.29. The van der Waals surface area contributed by atoms with Crippen LogP contribution in [-0.2, 0) is 13.5 Å². The molecule has 1 aliphatic carbocycles. The number of aryl methyl sites for hydroxylation is 1. The molecule has 5 heteroatoms. The molecule has 0 aliphatic heterocycles. The first kappa shape index (κ1) is 13.5. The average molecular weight is 251 g/mol. The second kappa shape index (κ2) is 4.61. The van der Waals surface area contributed by atoms with Gasteiger partial charge < -0.3 is 5.73 Å². The van der Waals surface area contributed by atoms with Gasteiger partial charge in [-0.25, -0.2) is 0 Å². The Morgan fingerprint density at radius 3 is 2.39 bits per heavy atom. The maximum atomic E-state index is 6.49. The maximum Gasteiger partial charge on any atom is 0.176 e. The van der Waals surface area contributed by atoms with Gasteiger partial charge in [0.1, 0.15) is 0 Å². The molecule has 0 aromatic carbocycles. The van der Waals surface area contributed by atoms with Crippen LogP contribution in [0.4, 0.5) is 0 Å². The van der Waals surface area contributed by atoms with Gasteiger partial charge in [-0.3, -0.25) is 0 Å². The van der Waals surface area contributed by atoms with Crippen molar-refractivity contribution in [3.05, 3.63) is 5.82 Å². The van der Waals surface area contributed by atoms with Gasteiger partial charge in [0.25, 0.3) is 0 Å². The topological polar surface area (TPSA) is 69.6 Å². The van der Waals surface area contributed by atoms with Gasteiger partial charge in [0.2, 0.25) is 0 Å². The van der Waals surface area contributed by atoms with Crippen LogP contribution >= 0.6 is 0 Å². The highest BCUT2D eigenvalue weighted by molar-refractivity contribution is 4.98. The molecule has 1 fully saturated rings. The van der Waals surface area contributed by atoms with Gasteiger partial charge in [-0.2, -0.15) is 4.80 Å². The molecule has 2 N–H and O–H groups in total. The van der Waals surface area contributed by atoms with Crippen LogP contribution in [0.5, 0.6) is 0 Å². The smallest absolute Gasteiger partial charge is 0.176 e. The third kappa shape index (κ3) is 3.07. The third-order valence-corrected chi connectivity index (χ3v) is 4.27. The van der Waals surface area contributed by atoms with Crippen molar-refractivity contribution >= 4 is 0 Å². The molecule has 5 nitrogen and oxygen atoms in total. The summed E-state index contributed by atoms with van der Waals surface area (Å²) in [7, 11) is 1.79. The molecule has 0 atom stereocenters. The summed E-state index contributed by atoms with van der Waals surface area (Å²) in [6.45, 7) is 6.97. The number of hydrogen-bond acceptors (Lipinski definition) is 4. The number of hydrogen-bond donors (Lipinski definition) is 1. The number of tetrazole rings is 1. The van der Waals surface area contributed by atoms with E-state index in [0.29, 0.717) is 5.41 Å². The van der Waals surface area contributed by atoms with Gasteiger partial charge in [0.05, 0.1) is 7.05 Å². The molecule has 1 aliphatic rings. The number of rotatable bonds is 2. The highest BCUT2D eigenvalue weighted by atomic mass is 15.6. The van der Waals surface area contributed by atoms with Gasteiger partial charge in [-0.15, -0.1) is 10.2 Å². The molecule has 1 heterocycles. The van der Waals surface area contributed by atoms with E-state index >= 15 is 0 Å². The fourth-order valence-electron chi connectivity index (χ4n) is 2.94. The molecule has 102 valence electrons. The molecule has 18 heavy (non-hydrogen) atoms. The van der Waals surface area contributed by atoms with E-state index in [1.807, 2.05) is 0 Å². The van der Waals surface area contributed by atoms with E-state index in [4.69, 9.17) is 5.73 Å². The van der Waals surface area contributed by atoms with Crippen molar-refractivity contribution in [3.63, 3.8) is 0 Å². The largest absolute Gasteiger partial charge is 0.325 e. The lowest BCUT2D eigenvalue weighted by atomic mass is 9.67. The van der Waals surface area contributed by atoms with E-state index in [1.165, 1.54) is 17.6 Å². The van der Waals surface area contributed by atoms with Gasteiger partial charge >= 0.3 is 0 Å². The number of aromatic nitrogens is 4. The lowest BCUT2D eigenvalue weighted by Crippen LogP contribution is -2.47. The second-order valence-corrected chi connectivity index (χ2v) is 6.87. The first-order valence-electron chi connectivity index (χ1n) is 6.80. The van der Waals surface area contributed by atoms with E-state index in [2.05, 4.69) is 36.2 Å². The zero-order valence-corrected chi connectivity index (χ0v) is 12.0. The Hall–Kier alpha value is -0.970. The van der Waals surface area contributed by atoms with Crippen LogP contribution in [-0.4, -0.2) is 25.7 Å². The molecule has 1 saturated carbocycles. The summed E-state index contributed by atoms with van der Waals surface area (Å²) in [6, 6.07) is 0. The Morgan fingerprint density at radius 1 is 1.33 bits per heavy atom. The molecule has 1 aromatic rings. The Morgan fingerprint density at radius 2 is 1.94 bits per heavy atom. The van der Waals surface area contributed by atoms with E-state index in [0.717, 1.165) is 31.0 Å². The summed E-state index contributed by atoms with van der Waals surface area (Å²) in [4.78, 5) is 1.50. The molecule has 0 saturated heterocycles. The first-order chi connectivity index (χ1) is 8.28. The summed E-state index contributed by atoms with van der Waals surface area (Å²) in [5, 5.41) is 12.1. The first-order valence-corrected chi connectivity index (χ1v) is 6.80. The molecule has 0 radical (unpaired) electrons. The average Bonchev–Trinajstić information content (AvgIpc) is 2.62. The van der Waals surface area contributed by atoms with Crippen LogP contribution in [0.3, 0.4) is 0 Å². The van der Waals surface area contributed by atoms with Crippen LogP contribution in [0.15, 0.2) is 0 Å². The monoisotopic (exact) mass is 251 g/mol. The van der Waals surface area contributed by atoms with Gasteiger partial charge in [0.15, 0.2) is 5.82 Å². The Labute approximate surface area is 109 Å². The van der Waals surface area contributed by atoms with Gasteiger partial charge in [-0.1, -0.05) is 20.8 Å². The second-order valence-electron chi connectivity index (χ2n) is 6.87. The minimum atomic E-state index is -0.134. The van der Waals surface area contributed by atoms with Crippen molar-refractivity contribution in [2.24, 2.45) is 24.1 Å². The SMILES string of the molecule is Cn1nnc(CC2(N)CCC(C(C)(C)C)CC2)n1. The van der Waals surface area contributed by atoms with Gasteiger partial charge in [-0.05, 0) is 42.2 Å². The van der Waals surface area contributed by atoms with Crippen molar-refractivity contribution in [2.75, 3.05) is 0 Å². The molecule has 0 bridgehead atoms.